The van der Waals surface area contributed by atoms with Crippen LogP contribution in [0.4, 0.5) is 0 Å². The highest BCUT2D eigenvalue weighted by Crippen LogP contribution is 2.19. The molecular formula is C7H15NO2S2. The summed E-state index contributed by atoms with van der Waals surface area (Å²) in [4.78, 5) is 0. The molecule has 0 aliphatic carbocycles. The van der Waals surface area contributed by atoms with E-state index in [1.165, 1.54) is 0 Å². The van der Waals surface area contributed by atoms with E-state index in [1.807, 2.05) is 18.7 Å². The fourth-order valence-corrected chi connectivity index (χ4v) is 3.84. The molecule has 0 spiro atoms. The zero-order valence-electron chi connectivity index (χ0n) is 7.49. The third-order valence-electron chi connectivity index (χ3n) is 2.03. The molecule has 5 heteroatoms. The molecule has 0 aromatic rings. The minimum atomic E-state index is -2.95. The van der Waals surface area contributed by atoms with Crippen molar-refractivity contribution in [3.05, 3.63) is 0 Å². The summed E-state index contributed by atoms with van der Waals surface area (Å²) >= 11 is 1.83. The van der Waals surface area contributed by atoms with Gasteiger partial charge >= 0.3 is 0 Å². The molecule has 0 amide bonds. The van der Waals surface area contributed by atoms with E-state index in [1.54, 1.807) is 11.2 Å². The molecule has 1 heterocycles. The van der Waals surface area contributed by atoms with E-state index < -0.39 is 10.0 Å². The summed E-state index contributed by atoms with van der Waals surface area (Å²) in [7, 11) is -2.95. The second-order valence-corrected chi connectivity index (χ2v) is 6.30. The molecule has 0 bridgehead atoms. The van der Waals surface area contributed by atoms with Crippen LogP contribution < -0.4 is 0 Å². The number of rotatable bonds is 2. The van der Waals surface area contributed by atoms with E-state index in [9.17, 15) is 8.42 Å². The van der Waals surface area contributed by atoms with Crippen LogP contribution in [0.5, 0.6) is 0 Å². The Morgan fingerprint density at radius 2 is 2.25 bits per heavy atom. The van der Waals surface area contributed by atoms with Crippen LogP contribution >= 0.6 is 11.8 Å². The lowest BCUT2D eigenvalue weighted by molar-refractivity contribution is 0.368. The van der Waals surface area contributed by atoms with Gasteiger partial charge in [-0.1, -0.05) is 0 Å². The first kappa shape index (κ1) is 10.3. The molecule has 1 atom stereocenters. The summed E-state index contributed by atoms with van der Waals surface area (Å²) in [5.74, 6) is 2.09. The molecule has 0 N–H and O–H groups in total. The van der Waals surface area contributed by atoms with Crippen molar-refractivity contribution in [2.45, 2.75) is 19.9 Å². The molecule has 0 aromatic heterocycles. The van der Waals surface area contributed by atoms with Crippen LogP contribution in [0.25, 0.3) is 0 Å². The summed E-state index contributed by atoms with van der Waals surface area (Å²) in [6.45, 7) is 4.35. The summed E-state index contributed by atoms with van der Waals surface area (Å²) in [5.41, 5.74) is 0. The molecule has 3 nitrogen and oxygen atoms in total. The molecule has 0 saturated carbocycles. The lowest BCUT2D eigenvalue weighted by Crippen LogP contribution is -2.44. The molecule has 1 unspecified atom stereocenters. The molecule has 0 radical (unpaired) electrons. The molecule has 1 aliphatic heterocycles. The van der Waals surface area contributed by atoms with Crippen molar-refractivity contribution in [3.8, 4) is 0 Å². The van der Waals surface area contributed by atoms with Crippen LogP contribution in [0.2, 0.25) is 0 Å². The second kappa shape index (κ2) is 3.98. The average Bonchev–Trinajstić information content (AvgIpc) is 2.05. The maximum absolute atomic E-state index is 11.5. The number of thioether (sulfide) groups is 1. The smallest absolute Gasteiger partial charge is 0.212 e. The Kier molecular flexibility index (Phi) is 3.43. The Morgan fingerprint density at radius 1 is 1.58 bits per heavy atom. The van der Waals surface area contributed by atoms with Crippen LogP contribution in [-0.4, -0.2) is 42.6 Å². The molecule has 72 valence electrons. The van der Waals surface area contributed by atoms with Gasteiger partial charge in [0.2, 0.25) is 10.0 Å². The zero-order valence-corrected chi connectivity index (χ0v) is 9.12. The first-order chi connectivity index (χ1) is 5.58. The van der Waals surface area contributed by atoms with Gasteiger partial charge in [0.15, 0.2) is 0 Å². The first-order valence-electron chi connectivity index (χ1n) is 4.15. The maximum atomic E-state index is 11.5. The standard InChI is InChI=1S/C7H15NO2S2/c1-3-12(9,10)8-4-5-11-6-7(8)2/h7H,3-6H2,1-2H3. The molecule has 0 aromatic carbocycles. The van der Waals surface area contributed by atoms with E-state index in [0.29, 0.717) is 6.54 Å². The second-order valence-electron chi connectivity index (χ2n) is 2.94. The van der Waals surface area contributed by atoms with Gasteiger partial charge in [0.25, 0.3) is 0 Å². The third-order valence-corrected chi connectivity index (χ3v) is 5.20. The normalized spacial score (nSPS) is 27.3. The van der Waals surface area contributed by atoms with Crippen LogP contribution in [0, 0.1) is 0 Å². The van der Waals surface area contributed by atoms with Gasteiger partial charge < -0.3 is 0 Å². The Balaban J connectivity index is 2.72. The Labute approximate surface area is 78.6 Å². The highest BCUT2D eigenvalue weighted by molar-refractivity contribution is 7.99. The summed E-state index contributed by atoms with van der Waals surface area (Å²) < 4.78 is 24.6. The number of hydrogen-bond acceptors (Lipinski definition) is 3. The van der Waals surface area contributed by atoms with Crippen molar-refractivity contribution in [3.63, 3.8) is 0 Å². The summed E-state index contributed by atoms with van der Waals surface area (Å²) in [5, 5.41) is 0. The number of sulfonamides is 1. The molecule has 1 saturated heterocycles. The number of nitrogens with zero attached hydrogens (tertiary/aromatic N) is 1. The minimum Gasteiger partial charge on any atom is -0.212 e. The van der Waals surface area contributed by atoms with Crippen LogP contribution in [0.3, 0.4) is 0 Å². The average molecular weight is 209 g/mol. The van der Waals surface area contributed by atoms with Crippen LogP contribution in [-0.2, 0) is 10.0 Å². The van der Waals surface area contributed by atoms with Crippen molar-refractivity contribution in [1.82, 2.24) is 4.31 Å². The third kappa shape index (κ3) is 2.14. The molecule has 1 aliphatic rings. The minimum absolute atomic E-state index is 0.175. The fraction of sp³-hybridized carbons (Fsp3) is 1.00. The molecule has 1 rings (SSSR count). The topological polar surface area (TPSA) is 37.4 Å². The van der Waals surface area contributed by atoms with Gasteiger partial charge in [-0.15, -0.1) is 0 Å². The monoisotopic (exact) mass is 209 g/mol. The zero-order chi connectivity index (χ0) is 9.19. The van der Waals surface area contributed by atoms with Crippen molar-refractivity contribution in [1.29, 1.82) is 0 Å². The predicted octanol–water partition coefficient (Wildman–Crippen LogP) is 0.773. The van der Waals surface area contributed by atoms with Crippen molar-refractivity contribution < 1.29 is 8.42 Å². The van der Waals surface area contributed by atoms with Crippen molar-refractivity contribution >= 4 is 21.8 Å². The van der Waals surface area contributed by atoms with E-state index in [4.69, 9.17) is 0 Å². The van der Waals surface area contributed by atoms with Gasteiger partial charge in [-0.2, -0.15) is 16.1 Å². The SMILES string of the molecule is CCS(=O)(=O)N1CCSCC1C. The van der Waals surface area contributed by atoms with Gasteiger partial charge in [0.1, 0.15) is 0 Å². The van der Waals surface area contributed by atoms with E-state index >= 15 is 0 Å². The predicted molar refractivity (Wildman–Crippen MR) is 53.0 cm³/mol. The highest BCUT2D eigenvalue weighted by atomic mass is 32.2. The maximum Gasteiger partial charge on any atom is 0.214 e. The first-order valence-corrected chi connectivity index (χ1v) is 6.91. The van der Waals surface area contributed by atoms with E-state index in [2.05, 4.69) is 0 Å². The quantitative estimate of drug-likeness (QED) is 0.674. The van der Waals surface area contributed by atoms with Crippen molar-refractivity contribution in [2.24, 2.45) is 0 Å². The van der Waals surface area contributed by atoms with Gasteiger partial charge in [-0.3, -0.25) is 0 Å². The van der Waals surface area contributed by atoms with Crippen LogP contribution in [0.15, 0.2) is 0 Å². The summed E-state index contributed by atoms with van der Waals surface area (Å²) in [6, 6.07) is 0.175. The van der Waals surface area contributed by atoms with Crippen LogP contribution in [0.1, 0.15) is 13.8 Å². The fourth-order valence-electron chi connectivity index (χ4n) is 1.29. The Hall–Kier alpha value is 0.260. The molecule has 1 fully saturated rings. The van der Waals surface area contributed by atoms with Gasteiger partial charge in [-0.05, 0) is 13.8 Å². The van der Waals surface area contributed by atoms with Crippen molar-refractivity contribution in [2.75, 3.05) is 23.8 Å². The Bertz CT molecular complexity index is 238. The van der Waals surface area contributed by atoms with E-state index in [-0.39, 0.29) is 11.8 Å². The Morgan fingerprint density at radius 3 is 2.75 bits per heavy atom. The van der Waals surface area contributed by atoms with Gasteiger partial charge in [0, 0.05) is 24.1 Å². The summed E-state index contributed by atoms with van der Waals surface area (Å²) in [6.07, 6.45) is 0. The lowest BCUT2D eigenvalue weighted by atomic mass is 10.4. The van der Waals surface area contributed by atoms with E-state index in [0.717, 1.165) is 11.5 Å². The molecular weight excluding hydrogens is 194 g/mol. The largest absolute Gasteiger partial charge is 0.214 e. The van der Waals surface area contributed by atoms with Gasteiger partial charge in [0.05, 0.1) is 5.75 Å². The lowest BCUT2D eigenvalue weighted by Gasteiger charge is -2.31. The number of hydrogen-bond donors (Lipinski definition) is 0. The molecule has 12 heavy (non-hydrogen) atoms. The highest BCUT2D eigenvalue weighted by Gasteiger charge is 2.27. The van der Waals surface area contributed by atoms with Gasteiger partial charge in [-0.25, -0.2) is 8.42 Å².